The summed E-state index contributed by atoms with van der Waals surface area (Å²) in [7, 11) is 0. The lowest BCUT2D eigenvalue weighted by molar-refractivity contribution is 1.08. The molecule has 582 valence electrons. The molecule has 0 saturated heterocycles. The first-order valence-corrected chi connectivity index (χ1v) is 44.1. The molecule has 0 atom stereocenters. The third-order valence-corrected chi connectivity index (χ3v) is 27.3. The average Bonchev–Trinajstić information content (AvgIpc) is 1.71. The molecule has 0 unspecified atom stereocenters. The molecule has 0 fully saturated rings. The Balaban J connectivity index is 0.000000105. The van der Waals surface area contributed by atoms with Crippen LogP contribution in [-0.2, 0) is 0 Å². The maximum Gasteiger partial charge on any atom is 0.164 e. The predicted octanol–water partition coefficient (Wildman–Crippen LogP) is 30.9. The van der Waals surface area contributed by atoms with Crippen LogP contribution in [0.1, 0.15) is 0 Å². The van der Waals surface area contributed by atoms with E-state index < -0.39 is 0 Å². The fourth-order valence-electron chi connectivity index (χ4n) is 17.9. The van der Waals surface area contributed by atoms with Gasteiger partial charge in [0.1, 0.15) is 0 Å². The molecule has 0 N–H and O–H groups in total. The molecular formula is C113H67N9S3. The normalized spacial score (nSPS) is 11.7. The molecule has 9 nitrogen and oxygen atoms in total. The van der Waals surface area contributed by atoms with Gasteiger partial charge in [0.2, 0.25) is 0 Å². The smallest absolute Gasteiger partial charge is 0.164 e. The van der Waals surface area contributed by atoms with Crippen molar-refractivity contribution in [3.8, 4) is 102 Å². The Kier molecular flexibility index (Phi) is 18.0. The third-order valence-electron chi connectivity index (χ3n) is 23.9. The molecule has 20 aromatic carbocycles. The van der Waals surface area contributed by atoms with Crippen molar-refractivity contribution in [1.29, 1.82) is 0 Å². The van der Waals surface area contributed by atoms with E-state index in [2.05, 4.69) is 388 Å². The Morgan fingerprint density at radius 1 is 0.128 bits per heavy atom. The summed E-state index contributed by atoms with van der Waals surface area (Å²) in [6, 6.07) is 143. The van der Waals surface area contributed by atoms with Crippen LogP contribution < -0.4 is 0 Å². The van der Waals surface area contributed by atoms with Crippen molar-refractivity contribution in [2.75, 3.05) is 0 Å². The quantitative estimate of drug-likeness (QED) is 0.139. The van der Waals surface area contributed by atoms with Gasteiger partial charge in [-0.1, -0.05) is 346 Å². The highest BCUT2D eigenvalue weighted by molar-refractivity contribution is 7.26. The van der Waals surface area contributed by atoms with E-state index in [4.69, 9.17) is 44.9 Å². The van der Waals surface area contributed by atoms with Gasteiger partial charge in [-0.15, -0.1) is 34.0 Å². The minimum absolute atomic E-state index is 0.665. The summed E-state index contributed by atoms with van der Waals surface area (Å²) in [5.74, 6) is 6.03. The van der Waals surface area contributed by atoms with Gasteiger partial charge in [0.05, 0.1) is 0 Å². The Morgan fingerprint density at radius 3 is 0.904 bits per heavy atom. The van der Waals surface area contributed by atoms with Gasteiger partial charge in [0, 0.05) is 116 Å². The number of thiophene rings is 3. The largest absolute Gasteiger partial charge is 0.208 e. The van der Waals surface area contributed by atoms with Gasteiger partial charge >= 0.3 is 0 Å². The topological polar surface area (TPSA) is 116 Å². The molecule has 125 heavy (non-hydrogen) atoms. The molecular weight excluding hydrogens is 1580 g/mol. The molecule has 6 heterocycles. The highest BCUT2D eigenvalue weighted by atomic mass is 32.1. The van der Waals surface area contributed by atoms with Crippen molar-refractivity contribution in [2.45, 2.75) is 0 Å². The SMILES string of the molecule is c1ccc(-c2nc(-c3cccc4ccccc34)nc(-c3cccc4ccc5sc6ccccc6c5c34)n2)cc1.c1ccc2cc(-c3nc(-c4ccc5c(ccc6sc7ccccc7c65)c4)nc(-c4cccc5ccccc45)n3)ccc2c1.c1ccc2cc(-c3nc(-c4ccc5ccccc5c4)nc(-c4cccc5c4ccc4sc6ccccc6c45)n3)ccc2c1. The third kappa shape index (κ3) is 13.3. The van der Waals surface area contributed by atoms with Crippen molar-refractivity contribution in [2.24, 2.45) is 0 Å². The number of rotatable bonds is 9. The van der Waals surface area contributed by atoms with E-state index in [9.17, 15) is 0 Å². The summed E-state index contributed by atoms with van der Waals surface area (Å²) in [5, 5.41) is 26.5. The lowest BCUT2D eigenvalue weighted by atomic mass is 9.98. The lowest BCUT2D eigenvalue weighted by Crippen LogP contribution is -2.01. The van der Waals surface area contributed by atoms with Crippen LogP contribution in [0.15, 0.2) is 406 Å². The van der Waals surface area contributed by atoms with Gasteiger partial charge in [-0.3, -0.25) is 0 Å². The van der Waals surface area contributed by atoms with Gasteiger partial charge in [0.15, 0.2) is 52.4 Å². The number of fused-ring (bicyclic) bond motifs is 20. The first-order chi connectivity index (χ1) is 61.9. The van der Waals surface area contributed by atoms with Gasteiger partial charge in [0.25, 0.3) is 0 Å². The van der Waals surface area contributed by atoms with Gasteiger partial charge < -0.3 is 0 Å². The first kappa shape index (κ1) is 73.1. The Morgan fingerprint density at radius 2 is 0.416 bits per heavy atom. The summed E-state index contributed by atoms with van der Waals surface area (Å²) in [6.07, 6.45) is 0. The van der Waals surface area contributed by atoms with Crippen molar-refractivity contribution >= 4 is 181 Å². The molecule has 6 aromatic heterocycles. The lowest BCUT2D eigenvalue weighted by Gasteiger charge is -2.12. The van der Waals surface area contributed by atoms with E-state index in [1.54, 1.807) is 0 Å². The van der Waals surface area contributed by atoms with Gasteiger partial charge in [-0.25, -0.2) is 44.9 Å². The molecule has 0 bridgehead atoms. The summed E-state index contributed by atoms with van der Waals surface area (Å²) >= 11 is 5.51. The molecule has 0 radical (unpaired) electrons. The van der Waals surface area contributed by atoms with Crippen molar-refractivity contribution in [3.05, 3.63) is 406 Å². The second-order valence-corrected chi connectivity index (χ2v) is 34.6. The van der Waals surface area contributed by atoms with Crippen LogP contribution in [0.4, 0.5) is 0 Å². The highest BCUT2D eigenvalue weighted by Crippen LogP contribution is 2.46. The second-order valence-electron chi connectivity index (χ2n) is 31.4. The Bertz CT molecular complexity index is 8750. The molecule has 26 aromatic rings. The van der Waals surface area contributed by atoms with Crippen LogP contribution in [0.3, 0.4) is 0 Å². The zero-order valence-electron chi connectivity index (χ0n) is 66.9. The van der Waals surface area contributed by atoms with Crippen LogP contribution in [0.2, 0.25) is 0 Å². The van der Waals surface area contributed by atoms with E-state index >= 15 is 0 Å². The number of benzene rings is 20. The molecule has 0 aliphatic carbocycles. The monoisotopic (exact) mass is 1650 g/mol. The second kappa shape index (κ2) is 30.7. The van der Waals surface area contributed by atoms with Crippen molar-refractivity contribution in [3.63, 3.8) is 0 Å². The van der Waals surface area contributed by atoms with Gasteiger partial charge in [-0.05, 0) is 141 Å². The van der Waals surface area contributed by atoms with E-state index in [0.29, 0.717) is 52.4 Å². The summed E-state index contributed by atoms with van der Waals surface area (Å²) in [4.78, 5) is 45.8. The predicted molar refractivity (Wildman–Crippen MR) is 527 cm³/mol. The van der Waals surface area contributed by atoms with Crippen molar-refractivity contribution < 1.29 is 0 Å². The summed E-state index contributed by atoms with van der Waals surface area (Å²) in [5.41, 5.74) is 8.86. The molecule has 12 heteroatoms. The van der Waals surface area contributed by atoms with Crippen LogP contribution >= 0.6 is 34.0 Å². The van der Waals surface area contributed by atoms with E-state index in [0.717, 1.165) is 93.2 Å². The maximum atomic E-state index is 5.15. The summed E-state index contributed by atoms with van der Waals surface area (Å²) in [6.45, 7) is 0. The summed E-state index contributed by atoms with van der Waals surface area (Å²) < 4.78 is 7.75. The number of aromatic nitrogens is 9. The molecule has 0 aliphatic heterocycles. The Hall–Kier alpha value is -15.8. The van der Waals surface area contributed by atoms with Crippen LogP contribution in [0.25, 0.3) is 249 Å². The number of hydrogen-bond donors (Lipinski definition) is 0. The fourth-order valence-corrected chi connectivity index (χ4v) is 21.3. The molecule has 26 rings (SSSR count). The molecule has 0 spiro atoms. The van der Waals surface area contributed by atoms with E-state index in [-0.39, 0.29) is 0 Å². The van der Waals surface area contributed by atoms with Crippen LogP contribution in [0, 0.1) is 0 Å². The minimum Gasteiger partial charge on any atom is -0.208 e. The van der Waals surface area contributed by atoms with Crippen LogP contribution in [0.5, 0.6) is 0 Å². The highest BCUT2D eigenvalue weighted by Gasteiger charge is 2.23. The minimum atomic E-state index is 0.665. The zero-order chi connectivity index (χ0) is 82.4. The molecule has 0 amide bonds. The van der Waals surface area contributed by atoms with Crippen molar-refractivity contribution in [1.82, 2.24) is 44.9 Å². The fraction of sp³-hybridized carbons (Fsp3) is 0. The van der Waals surface area contributed by atoms with Gasteiger partial charge in [-0.2, -0.15) is 0 Å². The molecule has 0 saturated carbocycles. The first-order valence-electron chi connectivity index (χ1n) is 41.7. The average molecular weight is 1650 g/mol. The zero-order valence-corrected chi connectivity index (χ0v) is 69.4. The van der Waals surface area contributed by atoms with E-state index in [1.807, 2.05) is 52.2 Å². The standard InChI is InChI=1S/2C39H23N3S.C35H21N3S/c1-3-10-26-22-28(18-16-24(26)8-1)37-40-38(29-19-17-25-9-2-4-11-27(25)23-29)42-39(41-37)32-14-7-13-31-30(32)20-21-35-36(31)33-12-5-6-15-34(33)43-35;1-2-10-26-22-28(17-16-24(26)8-1)37-40-38(42-39(41-37)32-14-7-11-25-9-3-4-12-30(25)32)29-18-20-31-27(23-29)19-21-35-36(31)33-13-5-6-15-34(33)43-35;1-2-11-24(12-3-1)33-36-34(26-17-8-13-22-10-4-5-15-25(22)26)38-35(37-33)28-18-9-14-23-20-21-30-32(31(23)28)27-16-6-7-19-29(27)39-30/h2*1-23H;1-21H. The maximum absolute atomic E-state index is 5.15. The number of nitrogens with zero attached hydrogens (tertiary/aromatic N) is 9. The molecule has 0 aliphatic rings. The number of hydrogen-bond acceptors (Lipinski definition) is 12. The van der Waals surface area contributed by atoms with E-state index in [1.165, 1.54) is 104 Å². The Labute approximate surface area is 729 Å². The van der Waals surface area contributed by atoms with Crippen LogP contribution in [-0.4, -0.2) is 44.9 Å².